The van der Waals surface area contributed by atoms with Gasteiger partial charge in [0.15, 0.2) is 0 Å². The molecule has 0 radical (unpaired) electrons. The van der Waals surface area contributed by atoms with Gasteiger partial charge in [0.25, 0.3) is 0 Å². The number of nitrogens with zero attached hydrogens (tertiary/aromatic N) is 2. The van der Waals surface area contributed by atoms with Gasteiger partial charge in [0.05, 0.1) is 11.7 Å². The Bertz CT molecular complexity index is 437. The van der Waals surface area contributed by atoms with E-state index in [1.807, 2.05) is 0 Å². The number of hydrogen-bond donors (Lipinski definition) is 1. The van der Waals surface area contributed by atoms with Crippen molar-refractivity contribution in [3.05, 3.63) is 18.0 Å². The number of aromatic nitrogens is 2. The van der Waals surface area contributed by atoms with E-state index in [1.165, 1.54) is 50.6 Å². The van der Waals surface area contributed by atoms with Gasteiger partial charge in [-0.2, -0.15) is 5.10 Å². The molecule has 3 aliphatic rings. The van der Waals surface area contributed by atoms with Gasteiger partial charge in [-0.3, -0.25) is 4.68 Å². The van der Waals surface area contributed by atoms with E-state index < -0.39 is 0 Å². The van der Waals surface area contributed by atoms with Crippen molar-refractivity contribution in [1.29, 1.82) is 0 Å². The van der Waals surface area contributed by atoms with Gasteiger partial charge in [-0.25, -0.2) is 0 Å². The van der Waals surface area contributed by atoms with Crippen LogP contribution in [-0.2, 0) is 6.42 Å². The maximum Gasteiger partial charge on any atom is 0.0640 e. The zero-order valence-corrected chi connectivity index (χ0v) is 11.7. The molecule has 0 saturated heterocycles. The molecule has 19 heavy (non-hydrogen) atoms. The molecule has 0 amide bonds. The standard InChI is InChI=1S/C16H25N3/c17-16(13-8-11-7-12(11)9-13)10-14-5-6-19(18-14)15-3-1-2-4-15/h5-6,11-13,15-16H,1-4,7-10,17H2. The van der Waals surface area contributed by atoms with E-state index >= 15 is 0 Å². The second-order valence-corrected chi connectivity index (χ2v) is 7.08. The molecule has 104 valence electrons. The lowest BCUT2D eigenvalue weighted by Gasteiger charge is -2.19. The minimum atomic E-state index is 0.333. The quantitative estimate of drug-likeness (QED) is 0.903. The topological polar surface area (TPSA) is 43.8 Å². The predicted molar refractivity (Wildman–Crippen MR) is 75.7 cm³/mol. The van der Waals surface area contributed by atoms with E-state index in [9.17, 15) is 0 Å². The molecule has 3 aliphatic carbocycles. The van der Waals surface area contributed by atoms with E-state index in [1.54, 1.807) is 0 Å². The Labute approximate surface area is 115 Å². The Balaban J connectivity index is 1.36. The first-order valence-corrected chi connectivity index (χ1v) is 8.09. The van der Waals surface area contributed by atoms with Crippen LogP contribution in [0.3, 0.4) is 0 Å². The molecule has 3 nitrogen and oxygen atoms in total. The van der Waals surface area contributed by atoms with Crippen LogP contribution in [0.5, 0.6) is 0 Å². The van der Waals surface area contributed by atoms with Crippen LogP contribution >= 0.6 is 0 Å². The van der Waals surface area contributed by atoms with Gasteiger partial charge in [0.2, 0.25) is 0 Å². The molecule has 3 fully saturated rings. The molecule has 1 aromatic rings. The van der Waals surface area contributed by atoms with E-state index in [4.69, 9.17) is 10.8 Å². The van der Waals surface area contributed by atoms with Crippen molar-refractivity contribution < 1.29 is 0 Å². The fourth-order valence-electron chi connectivity index (χ4n) is 4.38. The number of hydrogen-bond acceptors (Lipinski definition) is 2. The fraction of sp³-hybridized carbons (Fsp3) is 0.812. The summed E-state index contributed by atoms with van der Waals surface area (Å²) in [6, 6.07) is 3.18. The minimum absolute atomic E-state index is 0.333. The summed E-state index contributed by atoms with van der Waals surface area (Å²) < 4.78 is 2.20. The average molecular weight is 259 g/mol. The highest BCUT2D eigenvalue weighted by Crippen LogP contribution is 2.55. The summed E-state index contributed by atoms with van der Waals surface area (Å²) in [4.78, 5) is 0. The molecule has 4 rings (SSSR count). The third kappa shape index (κ3) is 2.33. The minimum Gasteiger partial charge on any atom is -0.327 e. The van der Waals surface area contributed by atoms with Crippen molar-refractivity contribution in [2.24, 2.45) is 23.5 Å². The Hall–Kier alpha value is -0.830. The van der Waals surface area contributed by atoms with Crippen LogP contribution in [0.15, 0.2) is 12.3 Å². The number of fused-ring (bicyclic) bond motifs is 1. The maximum atomic E-state index is 6.41. The predicted octanol–water partition coefficient (Wildman–Crippen LogP) is 2.91. The Kier molecular flexibility index (Phi) is 2.91. The molecule has 0 bridgehead atoms. The molecular weight excluding hydrogens is 234 g/mol. The monoisotopic (exact) mass is 259 g/mol. The van der Waals surface area contributed by atoms with Crippen molar-refractivity contribution in [3.63, 3.8) is 0 Å². The van der Waals surface area contributed by atoms with Crippen LogP contribution in [0.4, 0.5) is 0 Å². The highest BCUT2D eigenvalue weighted by Gasteiger charge is 2.47. The highest BCUT2D eigenvalue weighted by atomic mass is 15.3. The van der Waals surface area contributed by atoms with Gasteiger partial charge in [-0.05, 0) is 55.9 Å². The molecule has 0 aromatic carbocycles. The first-order valence-electron chi connectivity index (χ1n) is 8.09. The molecule has 3 saturated carbocycles. The second kappa shape index (κ2) is 4.62. The summed E-state index contributed by atoms with van der Waals surface area (Å²) in [6.07, 6.45) is 12.7. The molecule has 1 heterocycles. The van der Waals surface area contributed by atoms with Crippen LogP contribution < -0.4 is 5.73 Å². The van der Waals surface area contributed by atoms with Crippen molar-refractivity contribution in [2.75, 3.05) is 0 Å². The molecule has 0 aliphatic heterocycles. The smallest absolute Gasteiger partial charge is 0.0640 e. The Morgan fingerprint density at radius 2 is 1.95 bits per heavy atom. The van der Waals surface area contributed by atoms with Crippen LogP contribution in [0, 0.1) is 17.8 Å². The second-order valence-electron chi connectivity index (χ2n) is 7.08. The molecule has 1 aromatic heterocycles. The highest BCUT2D eigenvalue weighted by molar-refractivity contribution is 5.06. The van der Waals surface area contributed by atoms with E-state index in [0.29, 0.717) is 12.1 Å². The summed E-state index contributed by atoms with van der Waals surface area (Å²) in [5.74, 6) is 2.83. The maximum absolute atomic E-state index is 6.41. The van der Waals surface area contributed by atoms with Crippen LogP contribution in [0.25, 0.3) is 0 Å². The van der Waals surface area contributed by atoms with Gasteiger partial charge >= 0.3 is 0 Å². The van der Waals surface area contributed by atoms with Crippen LogP contribution in [0.1, 0.15) is 56.7 Å². The van der Waals surface area contributed by atoms with Crippen molar-refractivity contribution in [1.82, 2.24) is 9.78 Å². The summed E-state index contributed by atoms with van der Waals surface area (Å²) in [5, 5.41) is 4.77. The van der Waals surface area contributed by atoms with Crippen molar-refractivity contribution in [3.8, 4) is 0 Å². The van der Waals surface area contributed by atoms with Gasteiger partial charge in [0.1, 0.15) is 0 Å². The third-order valence-electron chi connectivity index (χ3n) is 5.69. The van der Waals surface area contributed by atoms with Gasteiger partial charge in [-0.15, -0.1) is 0 Å². The lowest BCUT2D eigenvalue weighted by molar-refractivity contribution is 0.387. The normalized spacial score (nSPS) is 35.5. The summed E-state index contributed by atoms with van der Waals surface area (Å²) in [6.45, 7) is 0. The van der Waals surface area contributed by atoms with Crippen molar-refractivity contribution >= 4 is 0 Å². The van der Waals surface area contributed by atoms with Crippen LogP contribution in [0.2, 0.25) is 0 Å². The van der Waals surface area contributed by atoms with Crippen LogP contribution in [-0.4, -0.2) is 15.8 Å². The summed E-state index contributed by atoms with van der Waals surface area (Å²) in [5.41, 5.74) is 7.62. The Morgan fingerprint density at radius 1 is 1.21 bits per heavy atom. The first-order chi connectivity index (χ1) is 9.29. The fourth-order valence-corrected chi connectivity index (χ4v) is 4.38. The van der Waals surface area contributed by atoms with E-state index in [0.717, 1.165) is 24.2 Å². The molecule has 3 atom stereocenters. The van der Waals surface area contributed by atoms with Gasteiger partial charge in [0, 0.05) is 18.7 Å². The van der Waals surface area contributed by atoms with Gasteiger partial charge in [-0.1, -0.05) is 12.8 Å². The lowest BCUT2D eigenvalue weighted by atomic mass is 9.92. The molecule has 0 spiro atoms. The third-order valence-corrected chi connectivity index (χ3v) is 5.69. The Morgan fingerprint density at radius 3 is 2.68 bits per heavy atom. The van der Waals surface area contributed by atoms with Gasteiger partial charge < -0.3 is 5.73 Å². The summed E-state index contributed by atoms with van der Waals surface area (Å²) >= 11 is 0. The molecular formula is C16H25N3. The summed E-state index contributed by atoms with van der Waals surface area (Å²) in [7, 11) is 0. The largest absolute Gasteiger partial charge is 0.327 e. The zero-order valence-electron chi connectivity index (χ0n) is 11.7. The average Bonchev–Trinajstić information content (AvgIpc) is 2.91. The van der Waals surface area contributed by atoms with Crippen molar-refractivity contribution in [2.45, 2.75) is 63.5 Å². The van der Waals surface area contributed by atoms with E-state index in [-0.39, 0.29) is 0 Å². The molecule has 3 heteroatoms. The first kappa shape index (κ1) is 12.0. The number of nitrogens with two attached hydrogens (primary N) is 1. The lowest BCUT2D eigenvalue weighted by Crippen LogP contribution is -2.31. The number of rotatable bonds is 4. The molecule has 2 N–H and O–H groups in total. The zero-order chi connectivity index (χ0) is 12.8. The van der Waals surface area contributed by atoms with E-state index in [2.05, 4.69) is 16.9 Å². The SMILES string of the molecule is NC(Cc1ccn(C2CCCC2)n1)C1CC2CC2C1. The molecule has 3 unspecified atom stereocenters.